The van der Waals surface area contributed by atoms with Crippen LogP contribution in [0.1, 0.15) is 18.4 Å². The molecule has 4 nitrogen and oxygen atoms in total. The van der Waals surface area contributed by atoms with Crippen LogP contribution in [0.5, 0.6) is 11.5 Å². The Morgan fingerprint density at radius 1 is 1.37 bits per heavy atom. The van der Waals surface area contributed by atoms with Crippen molar-refractivity contribution in [3.63, 3.8) is 0 Å². The number of methoxy groups -OCH3 is 2. The summed E-state index contributed by atoms with van der Waals surface area (Å²) in [4.78, 5) is 0. The van der Waals surface area contributed by atoms with Gasteiger partial charge >= 0.3 is 0 Å². The van der Waals surface area contributed by atoms with Gasteiger partial charge in [0.25, 0.3) is 0 Å². The van der Waals surface area contributed by atoms with E-state index in [0.29, 0.717) is 6.04 Å². The Hall–Kier alpha value is -0.530. The summed E-state index contributed by atoms with van der Waals surface area (Å²) in [6.07, 6.45) is 2.32. The van der Waals surface area contributed by atoms with Crippen LogP contribution in [0.2, 0.25) is 0 Å². The van der Waals surface area contributed by atoms with Gasteiger partial charge in [0, 0.05) is 19.2 Å². The largest absolute Gasteiger partial charge is 0.493 e. The molecule has 0 spiro atoms. The van der Waals surface area contributed by atoms with Crippen molar-refractivity contribution in [2.24, 2.45) is 0 Å². The number of benzene rings is 1. The first-order chi connectivity index (χ1) is 9.24. The van der Waals surface area contributed by atoms with E-state index >= 15 is 0 Å². The number of rotatable bonds is 5. The fraction of sp³-hybridized carbons (Fsp3) is 0.571. The van der Waals surface area contributed by atoms with Gasteiger partial charge in [-0.05, 0) is 53.1 Å². The SMILES string of the molecule is COc1cc(CNC2CCCOC2)cc(I)c1OC. The van der Waals surface area contributed by atoms with Crippen molar-refractivity contribution in [1.82, 2.24) is 5.32 Å². The first kappa shape index (κ1) is 14.9. The second-order valence-electron chi connectivity index (χ2n) is 4.61. The average Bonchev–Trinajstić information content (AvgIpc) is 2.45. The number of ether oxygens (including phenoxy) is 3. The summed E-state index contributed by atoms with van der Waals surface area (Å²) in [5, 5.41) is 3.53. The molecule has 1 heterocycles. The maximum absolute atomic E-state index is 5.47. The highest BCUT2D eigenvalue weighted by molar-refractivity contribution is 14.1. The Balaban J connectivity index is 2.01. The predicted octanol–water partition coefficient (Wildman–Crippen LogP) is 2.58. The van der Waals surface area contributed by atoms with Gasteiger partial charge in [0.05, 0.1) is 24.4 Å². The predicted molar refractivity (Wildman–Crippen MR) is 82.9 cm³/mol. The summed E-state index contributed by atoms with van der Waals surface area (Å²) in [7, 11) is 3.33. The van der Waals surface area contributed by atoms with Crippen LogP contribution >= 0.6 is 22.6 Å². The van der Waals surface area contributed by atoms with Gasteiger partial charge in [0.1, 0.15) is 0 Å². The van der Waals surface area contributed by atoms with E-state index in [1.54, 1.807) is 14.2 Å². The topological polar surface area (TPSA) is 39.7 Å². The Bertz CT molecular complexity index is 419. The highest BCUT2D eigenvalue weighted by Crippen LogP contribution is 2.33. The smallest absolute Gasteiger partial charge is 0.174 e. The molecule has 0 radical (unpaired) electrons. The van der Waals surface area contributed by atoms with E-state index in [1.807, 2.05) is 6.07 Å². The third kappa shape index (κ3) is 3.97. The maximum atomic E-state index is 5.47. The number of nitrogens with one attached hydrogen (secondary N) is 1. The summed E-state index contributed by atoms with van der Waals surface area (Å²) in [5.74, 6) is 1.58. The van der Waals surface area contributed by atoms with Crippen molar-refractivity contribution in [2.75, 3.05) is 27.4 Å². The van der Waals surface area contributed by atoms with Crippen LogP contribution in [-0.2, 0) is 11.3 Å². The van der Waals surface area contributed by atoms with Crippen LogP contribution in [0.3, 0.4) is 0 Å². The Labute approximate surface area is 127 Å². The summed E-state index contributed by atoms with van der Waals surface area (Å²) in [6.45, 7) is 2.53. The van der Waals surface area contributed by atoms with Crippen LogP contribution < -0.4 is 14.8 Å². The highest BCUT2D eigenvalue weighted by atomic mass is 127. The summed E-state index contributed by atoms with van der Waals surface area (Å²) >= 11 is 2.27. The van der Waals surface area contributed by atoms with Crippen molar-refractivity contribution in [1.29, 1.82) is 0 Å². The number of hydrogen-bond donors (Lipinski definition) is 1. The molecule has 1 aliphatic heterocycles. The lowest BCUT2D eigenvalue weighted by Crippen LogP contribution is -2.36. The first-order valence-electron chi connectivity index (χ1n) is 6.46. The van der Waals surface area contributed by atoms with Gasteiger partial charge < -0.3 is 19.5 Å². The zero-order valence-electron chi connectivity index (χ0n) is 11.4. The molecule has 1 unspecified atom stereocenters. The van der Waals surface area contributed by atoms with Gasteiger partial charge in [-0.1, -0.05) is 0 Å². The maximum Gasteiger partial charge on any atom is 0.174 e. The van der Waals surface area contributed by atoms with Crippen molar-refractivity contribution >= 4 is 22.6 Å². The Morgan fingerprint density at radius 2 is 2.21 bits per heavy atom. The lowest BCUT2D eigenvalue weighted by molar-refractivity contribution is 0.0699. The summed E-state index contributed by atoms with van der Waals surface area (Å²) < 4.78 is 17.2. The molecule has 0 saturated carbocycles. The molecule has 2 rings (SSSR count). The second-order valence-corrected chi connectivity index (χ2v) is 5.77. The molecule has 1 saturated heterocycles. The monoisotopic (exact) mass is 377 g/mol. The number of halogens is 1. The second kappa shape index (κ2) is 7.31. The van der Waals surface area contributed by atoms with E-state index in [0.717, 1.165) is 41.2 Å². The summed E-state index contributed by atoms with van der Waals surface area (Å²) in [5.41, 5.74) is 1.20. The van der Waals surface area contributed by atoms with Crippen LogP contribution in [0.4, 0.5) is 0 Å². The minimum atomic E-state index is 0.458. The molecule has 19 heavy (non-hydrogen) atoms. The zero-order chi connectivity index (χ0) is 13.7. The van der Waals surface area contributed by atoms with E-state index in [2.05, 4.69) is 34.0 Å². The van der Waals surface area contributed by atoms with E-state index in [1.165, 1.54) is 12.0 Å². The average molecular weight is 377 g/mol. The normalized spacial score (nSPS) is 19.2. The van der Waals surface area contributed by atoms with Gasteiger partial charge in [0.15, 0.2) is 11.5 Å². The van der Waals surface area contributed by atoms with Crippen LogP contribution in [0, 0.1) is 3.57 Å². The highest BCUT2D eigenvalue weighted by Gasteiger charge is 2.14. The molecule has 1 atom stereocenters. The van der Waals surface area contributed by atoms with Crippen LogP contribution in [-0.4, -0.2) is 33.5 Å². The Kier molecular flexibility index (Phi) is 5.72. The lowest BCUT2D eigenvalue weighted by Gasteiger charge is -2.23. The molecule has 0 amide bonds. The molecule has 0 aromatic heterocycles. The molecule has 1 aliphatic rings. The van der Waals surface area contributed by atoms with E-state index in [-0.39, 0.29) is 0 Å². The van der Waals surface area contributed by atoms with Gasteiger partial charge in [-0.25, -0.2) is 0 Å². The van der Waals surface area contributed by atoms with E-state index < -0.39 is 0 Å². The fourth-order valence-corrected chi connectivity index (χ4v) is 3.12. The lowest BCUT2D eigenvalue weighted by atomic mass is 10.1. The standard InChI is InChI=1S/C14H20INO3/c1-17-13-7-10(6-12(15)14(13)18-2)8-16-11-4-3-5-19-9-11/h6-7,11,16H,3-5,8-9H2,1-2H3. The molecular formula is C14H20INO3. The van der Waals surface area contributed by atoms with Gasteiger partial charge in [-0.3, -0.25) is 0 Å². The van der Waals surface area contributed by atoms with Crippen molar-refractivity contribution in [3.05, 3.63) is 21.3 Å². The minimum Gasteiger partial charge on any atom is -0.493 e. The molecule has 0 aliphatic carbocycles. The minimum absolute atomic E-state index is 0.458. The molecule has 1 aromatic carbocycles. The van der Waals surface area contributed by atoms with Crippen molar-refractivity contribution < 1.29 is 14.2 Å². The zero-order valence-corrected chi connectivity index (χ0v) is 13.5. The molecule has 106 valence electrons. The van der Waals surface area contributed by atoms with Crippen molar-refractivity contribution in [3.8, 4) is 11.5 Å². The quantitative estimate of drug-likeness (QED) is 0.801. The van der Waals surface area contributed by atoms with Gasteiger partial charge in [0.2, 0.25) is 0 Å². The molecule has 1 N–H and O–H groups in total. The summed E-state index contributed by atoms with van der Waals surface area (Å²) in [6, 6.07) is 4.61. The molecule has 1 fully saturated rings. The van der Waals surface area contributed by atoms with Crippen LogP contribution in [0.25, 0.3) is 0 Å². The fourth-order valence-electron chi connectivity index (χ4n) is 2.24. The van der Waals surface area contributed by atoms with Crippen LogP contribution in [0.15, 0.2) is 12.1 Å². The van der Waals surface area contributed by atoms with Crippen molar-refractivity contribution in [2.45, 2.75) is 25.4 Å². The third-order valence-electron chi connectivity index (χ3n) is 3.25. The molecular weight excluding hydrogens is 357 g/mol. The molecule has 5 heteroatoms. The third-order valence-corrected chi connectivity index (χ3v) is 4.05. The Morgan fingerprint density at radius 3 is 2.84 bits per heavy atom. The molecule has 0 bridgehead atoms. The van der Waals surface area contributed by atoms with Gasteiger partial charge in [-0.2, -0.15) is 0 Å². The van der Waals surface area contributed by atoms with E-state index in [9.17, 15) is 0 Å². The van der Waals surface area contributed by atoms with Gasteiger partial charge in [-0.15, -0.1) is 0 Å². The number of hydrogen-bond acceptors (Lipinski definition) is 4. The van der Waals surface area contributed by atoms with E-state index in [4.69, 9.17) is 14.2 Å². The first-order valence-corrected chi connectivity index (χ1v) is 7.54. The molecule has 1 aromatic rings.